The standard InChI is InChI=1S/C23H23N5O5/c1-15-5-8-19(13-16(15)2)26(12-4-11-24)20(29)14-27-21(30)23(3,25-22(27)31)17-6-9-18(10-7-17)28(32)33/h5-10,13H,4,12,14H2,1-3H3,(H,25,31). The number of rotatable bonds is 7. The van der Waals surface area contributed by atoms with Crippen LogP contribution in [0.4, 0.5) is 16.2 Å². The topological polar surface area (TPSA) is 137 Å². The monoisotopic (exact) mass is 449 g/mol. The normalized spacial score (nSPS) is 17.5. The van der Waals surface area contributed by atoms with E-state index in [9.17, 15) is 24.5 Å². The van der Waals surface area contributed by atoms with Crippen LogP contribution in [-0.2, 0) is 15.1 Å². The summed E-state index contributed by atoms with van der Waals surface area (Å²) in [5.41, 5.74) is 1.32. The molecule has 170 valence electrons. The zero-order valence-corrected chi connectivity index (χ0v) is 18.5. The molecule has 1 aliphatic rings. The minimum Gasteiger partial charge on any atom is -0.319 e. The van der Waals surface area contributed by atoms with Crippen LogP contribution in [0.2, 0.25) is 0 Å². The Kier molecular flexibility index (Phi) is 6.44. The number of aryl methyl sites for hydroxylation is 2. The molecule has 3 rings (SSSR count). The third-order valence-electron chi connectivity index (χ3n) is 5.77. The van der Waals surface area contributed by atoms with Gasteiger partial charge in [-0.1, -0.05) is 6.07 Å². The summed E-state index contributed by atoms with van der Waals surface area (Å²) < 4.78 is 0. The summed E-state index contributed by atoms with van der Waals surface area (Å²) in [5.74, 6) is -1.15. The third kappa shape index (κ3) is 4.52. The molecule has 1 atom stereocenters. The number of urea groups is 1. The van der Waals surface area contributed by atoms with Crippen LogP contribution in [0.1, 0.15) is 30.0 Å². The summed E-state index contributed by atoms with van der Waals surface area (Å²) in [6.07, 6.45) is 0.0827. The first-order chi connectivity index (χ1) is 15.6. The average molecular weight is 449 g/mol. The van der Waals surface area contributed by atoms with Crippen molar-refractivity contribution >= 4 is 29.2 Å². The Labute approximate surface area is 190 Å². The van der Waals surface area contributed by atoms with Crippen molar-refractivity contribution in [1.29, 1.82) is 5.26 Å². The van der Waals surface area contributed by atoms with Crippen molar-refractivity contribution in [3.8, 4) is 6.07 Å². The Hall–Kier alpha value is -4.26. The second-order valence-electron chi connectivity index (χ2n) is 7.97. The van der Waals surface area contributed by atoms with E-state index in [2.05, 4.69) is 5.32 Å². The van der Waals surface area contributed by atoms with Crippen molar-refractivity contribution in [2.75, 3.05) is 18.0 Å². The number of hydrogen-bond acceptors (Lipinski definition) is 6. The van der Waals surface area contributed by atoms with Crippen LogP contribution in [0.15, 0.2) is 42.5 Å². The van der Waals surface area contributed by atoms with Crippen LogP contribution in [0, 0.1) is 35.3 Å². The third-order valence-corrected chi connectivity index (χ3v) is 5.77. The molecule has 2 aromatic carbocycles. The van der Waals surface area contributed by atoms with E-state index in [4.69, 9.17) is 5.26 Å². The van der Waals surface area contributed by atoms with E-state index < -0.39 is 34.9 Å². The number of anilines is 1. The van der Waals surface area contributed by atoms with Crippen LogP contribution in [0.25, 0.3) is 0 Å². The molecule has 10 nitrogen and oxygen atoms in total. The van der Waals surface area contributed by atoms with Gasteiger partial charge in [-0.25, -0.2) is 4.79 Å². The fourth-order valence-corrected chi connectivity index (χ4v) is 3.63. The number of carbonyl (C=O) groups excluding carboxylic acids is 3. The summed E-state index contributed by atoms with van der Waals surface area (Å²) in [7, 11) is 0. The lowest BCUT2D eigenvalue weighted by Crippen LogP contribution is -2.45. The van der Waals surface area contributed by atoms with Gasteiger partial charge in [-0.2, -0.15) is 5.26 Å². The number of nitrogens with zero attached hydrogens (tertiary/aromatic N) is 4. The molecular weight excluding hydrogens is 426 g/mol. The van der Waals surface area contributed by atoms with Gasteiger partial charge < -0.3 is 10.2 Å². The highest BCUT2D eigenvalue weighted by molar-refractivity contribution is 6.10. The molecule has 1 fully saturated rings. The number of imide groups is 1. The summed E-state index contributed by atoms with van der Waals surface area (Å²) in [6.45, 7) is 4.92. The van der Waals surface area contributed by atoms with Crippen LogP contribution in [0.3, 0.4) is 0 Å². The van der Waals surface area contributed by atoms with Crippen molar-refractivity contribution in [3.05, 3.63) is 69.3 Å². The van der Waals surface area contributed by atoms with Gasteiger partial charge in [0.2, 0.25) is 5.91 Å². The average Bonchev–Trinajstić information content (AvgIpc) is 3.00. The quantitative estimate of drug-likeness (QED) is 0.392. The maximum Gasteiger partial charge on any atom is 0.325 e. The van der Waals surface area contributed by atoms with Crippen molar-refractivity contribution in [2.45, 2.75) is 32.7 Å². The van der Waals surface area contributed by atoms with Gasteiger partial charge in [0.25, 0.3) is 11.6 Å². The van der Waals surface area contributed by atoms with E-state index in [1.165, 1.54) is 36.1 Å². The number of nitriles is 1. The van der Waals surface area contributed by atoms with Crippen LogP contribution < -0.4 is 10.2 Å². The molecule has 0 bridgehead atoms. The predicted molar refractivity (Wildman–Crippen MR) is 119 cm³/mol. The molecular formula is C23H23N5O5. The highest BCUT2D eigenvalue weighted by atomic mass is 16.6. The molecule has 33 heavy (non-hydrogen) atoms. The number of benzene rings is 2. The fraction of sp³-hybridized carbons (Fsp3) is 0.304. The summed E-state index contributed by atoms with van der Waals surface area (Å²) in [4.78, 5) is 51.4. The first-order valence-electron chi connectivity index (χ1n) is 10.2. The van der Waals surface area contributed by atoms with Gasteiger partial charge in [0.05, 0.1) is 17.4 Å². The smallest absolute Gasteiger partial charge is 0.319 e. The maximum atomic E-state index is 13.1. The SMILES string of the molecule is Cc1ccc(N(CCC#N)C(=O)CN2C(=O)NC(C)(c3ccc([N+](=O)[O-])cc3)C2=O)cc1C. The molecule has 0 aliphatic carbocycles. The number of non-ortho nitro benzene ring substituents is 1. The van der Waals surface area contributed by atoms with E-state index in [0.717, 1.165) is 16.0 Å². The lowest BCUT2D eigenvalue weighted by molar-refractivity contribution is -0.384. The Morgan fingerprint density at radius 3 is 2.42 bits per heavy atom. The fourth-order valence-electron chi connectivity index (χ4n) is 3.63. The summed E-state index contributed by atoms with van der Waals surface area (Å²) in [6, 6.07) is 12.0. The lowest BCUT2D eigenvalue weighted by atomic mass is 9.92. The van der Waals surface area contributed by atoms with Crippen LogP contribution >= 0.6 is 0 Å². The van der Waals surface area contributed by atoms with Gasteiger partial charge in [-0.05, 0) is 61.7 Å². The molecule has 1 saturated heterocycles. The first-order valence-corrected chi connectivity index (χ1v) is 10.2. The van der Waals surface area contributed by atoms with Gasteiger partial charge >= 0.3 is 6.03 Å². The Balaban J connectivity index is 1.84. The molecule has 0 aromatic heterocycles. The van der Waals surface area contributed by atoms with Crippen molar-refractivity contribution in [3.63, 3.8) is 0 Å². The van der Waals surface area contributed by atoms with E-state index in [1.54, 1.807) is 6.07 Å². The number of nitro benzene ring substituents is 1. The molecule has 1 unspecified atom stereocenters. The van der Waals surface area contributed by atoms with Crippen LogP contribution in [-0.4, -0.2) is 40.8 Å². The van der Waals surface area contributed by atoms with Gasteiger partial charge in [0.1, 0.15) is 12.1 Å². The number of nitrogens with one attached hydrogen (secondary N) is 1. The molecule has 2 aromatic rings. The number of amides is 4. The predicted octanol–water partition coefficient (Wildman–Crippen LogP) is 2.93. The van der Waals surface area contributed by atoms with Crippen molar-refractivity contribution in [1.82, 2.24) is 10.2 Å². The molecule has 1 N–H and O–H groups in total. The number of hydrogen-bond donors (Lipinski definition) is 1. The Bertz CT molecular complexity index is 1170. The van der Waals surface area contributed by atoms with Gasteiger partial charge in [-0.3, -0.25) is 24.6 Å². The van der Waals surface area contributed by atoms with Gasteiger partial charge in [-0.15, -0.1) is 0 Å². The molecule has 0 saturated carbocycles. The van der Waals surface area contributed by atoms with E-state index in [-0.39, 0.29) is 18.7 Å². The van der Waals surface area contributed by atoms with Crippen molar-refractivity contribution < 1.29 is 19.3 Å². The molecule has 4 amide bonds. The maximum absolute atomic E-state index is 13.1. The summed E-state index contributed by atoms with van der Waals surface area (Å²) >= 11 is 0. The van der Waals surface area contributed by atoms with E-state index in [1.807, 2.05) is 32.0 Å². The molecule has 1 heterocycles. The molecule has 1 aliphatic heterocycles. The number of carbonyl (C=O) groups is 3. The van der Waals surface area contributed by atoms with Gasteiger partial charge in [0, 0.05) is 24.4 Å². The highest BCUT2D eigenvalue weighted by Gasteiger charge is 2.49. The zero-order valence-electron chi connectivity index (χ0n) is 18.5. The van der Waals surface area contributed by atoms with Gasteiger partial charge in [0.15, 0.2) is 0 Å². The zero-order chi connectivity index (χ0) is 24.3. The minimum atomic E-state index is -1.47. The second-order valence-corrected chi connectivity index (χ2v) is 7.97. The minimum absolute atomic E-state index is 0.0827. The Morgan fingerprint density at radius 1 is 1.18 bits per heavy atom. The van der Waals surface area contributed by atoms with E-state index in [0.29, 0.717) is 11.3 Å². The van der Waals surface area contributed by atoms with E-state index >= 15 is 0 Å². The van der Waals surface area contributed by atoms with Crippen molar-refractivity contribution in [2.24, 2.45) is 0 Å². The molecule has 0 radical (unpaired) electrons. The lowest BCUT2D eigenvalue weighted by Gasteiger charge is -2.25. The molecule has 0 spiro atoms. The summed E-state index contributed by atoms with van der Waals surface area (Å²) in [5, 5.41) is 22.5. The Morgan fingerprint density at radius 2 is 1.85 bits per heavy atom. The number of nitro groups is 1. The first kappa shape index (κ1) is 23.4. The molecule has 10 heteroatoms. The second kappa shape index (κ2) is 9.08. The highest BCUT2D eigenvalue weighted by Crippen LogP contribution is 2.30. The largest absolute Gasteiger partial charge is 0.325 e. The van der Waals surface area contributed by atoms with Crippen LogP contribution in [0.5, 0.6) is 0 Å².